The van der Waals surface area contributed by atoms with E-state index in [0.717, 1.165) is 12.1 Å². The van der Waals surface area contributed by atoms with Gasteiger partial charge in [0.05, 0.1) is 10.0 Å². The maximum atomic E-state index is 13.6. The molecule has 0 aromatic heterocycles. The van der Waals surface area contributed by atoms with Crippen molar-refractivity contribution in [1.29, 1.82) is 0 Å². The Morgan fingerprint density at radius 3 is 2.41 bits per heavy atom. The number of nitrogens with one attached hydrogen (secondary N) is 1. The number of carbonyl (C=O) groups is 2. The van der Waals surface area contributed by atoms with Crippen molar-refractivity contribution < 1.29 is 27.8 Å². The molecule has 1 N–H and O–H groups in total. The quantitative estimate of drug-likeness (QED) is 0.574. The normalized spacial score (nSPS) is 15.6. The SMILES string of the molecule is C=C(CCNC(=O)COc1ccc(Cl)c(F)c1)N1CCC(Oc2ccc(Cl)c(F)c2)C1=O. The maximum absolute atomic E-state index is 13.6. The molecule has 0 saturated carbocycles. The molecule has 1 atom stereocenters. The third-order valence-corrected chi connectivity index (χ3v) is 5.32. The Bertz CT molecular complexity index is 1030. The van der Waals surface area contributed by atoms with E-state index < -0.39 is 23.6 Å². The van der Waals surface area contributed by atoms with Crippen LogP contribution in [0.15, 0.2) is 48.7 Å². The molecule has 0 aliphatic carbocycles. The van der Waals surface area contributed by atoms with Crippen molar-refractivity contribution in [2.75, 3.05) is 19.7 Å². The first-order valence-corrected chi connectivity index (χ1v) is 10.5. The fraction of sp³-hybridized carbons (Fsp3) is 0.273. The molecular formula is C22H20Cl2F2N2O4. The van der Waals surface area contributed by atoms with Crippen LogP contribution in [0.5, 0.6) is 11.5 Å². The smallest absolute Gasteiger partial charge is 0.267 e. The van der Waals surface area contributed by atoms with Gasteiger partial charge >= 0.3 is 0 Å². The number of benzene rings is 2. The summed E-state index contributed by atoms with van der Waals surface area (Å²) in [7, 11) is 0. The summed E-state index contributed by atoms with van der Waals surface area (Å²) in [6.07, 6.45) is -0.00922. The predicted molar refractivity (Wildman–Crippen MR) is 116 cm³/mol. The standard InChI is InChI=1S/C22H20Cl2F2N2O4/c1-13(6-8-27-21(29)12-31-14-2-4-16(23)18(25)10-14)28-9-7-20(22(28)30)32-15-3-5-17(24)19(26)11-15/h2-5,10-11,20H,1,6-9,12H2,(H,27,29). The first-order chi connectivity index (χ1) is 15.2. The van der Waals surface area contributed by atoms with Crippen LogP contribution in [-0.4, -0.2) is 42.5 Å². The Kier molecular flexibility index (Phi) is 7.93. The lowest BCUT2D eigenvalue weighted by molar-refractivity contribution is -0.131. The summed E-state index contributed by atoms with van der Waals surface area (Å²) in [6, 6.07) is 7.86. The Hall–Kier alpha value is -2.84. The van der Waals surface area contributed by atoms with Gasteiger partial charge in [-0.3, -0.25) is 9.59 Å². The van der Waals surface area contributed by atoms with Gasteiger partial charge in [-0.2, -0.15) is 0 Å². The zero-order valence-corrected chi connectivity index (χ0v) is 18.4. The molecule has 1 unspecified atom stereocenters. The second-order valence-electron chi connectivity index (χ2n) is 6.99. The summed E-state index contributed by atoms with van der Waals surface area (Å²) in [6.45, 7) is 4.23. The number of carbonyl (C=O) groups excluding carboxylic acids is 2. The number of nitrogens with zero attached hydrogens (tertiary/aromatic N) is 1. The lowest BCUT2D eigenvalue weighted by Crippen LogP contribution is -2.34. The van der Waals surface area contributed by atoms with Crippen LogP contribution in [0.25, 0.3) is 0 Å². The summed E-state index contributed by atoms with van der Waals surface area (Å²) in [4.78, 5) is 26.0. The summed E-state index contributed by atoms with van der Waals surface area (Å²) in [5.74, 6) is -1.57. The van der Waals surface area contributed by atoms with E-state index in [1.807, 2.05) is 0 Å². The zero-order chi connectivity index (χ0) is 23.3. The minimum atomic E-state index is -0.755. The van der Waals surface area contributed by atoms with Gasteiger partial charge in [0.15, 0.2) is 12.7 Å². The Labute approximate surface area is 193 Å². The molecule has 1 saturated heterocycles. The molecule has 1 aliphatic heterocycles. The van der Waals surface area contributed by atoms with E-state index in [9.17, 15) is 18.4 Å². The molecule has 2 aromatic rings. The zero-order valence-electron chi connectivity index (χ0n) is 16.9. The summed E-state index contributed by atoms with van der Waals surface area (Å²) in [5.41, 5.74) is 0.518. The van der Waals surface area contributed by atoms with E-state index in [2.05, 4.69) is 11.9 Å². The summed E-state index contributed by atoms with van der Waals surface area (Å²) in [5, 5.41) is 2.58. The number of hydrogen-bond donors (Lipinski definition) is 1. The van der Waals surface area contributed by atoms with E-state index in [4.69, 9.17) is 32.7 Å². The molecule has 1 aliphatic rings. The van der Waals surface area contributed by atoms with E-state index in [1.54, 1.807) is 0 Å². The van der Waals surface area contributed by atoms with Crippen LogP contribution < -0.4 is 14.8 Å². The lowest BCUT2D eigenvalue weighted by atomic mass is 10.3. The number of halogens is 4. The molecule has 10 heteroatoms. The van der Waals surface area contributed by atoms with Crippen molar-refractivity contribution in [2.24, 2.45) is 0 Å². The Balaban J connectivity index is 1.40. The number of rotatable bonds is 9. The van der Waals surface area contributed by atoms with Crippen LogP contribution in [0.3, 0.4) is 0 Å². The molecule has 2 amide bonds. The van der Waals surface area contributed by atoms with Gasteiger partial charge in [-0.1, -0.05) is 29.8 Å². The molecular weight excluding hydrogens is 465 g/mol. The first kappa shape index (κ1) is 23.8. The largest absolute Gasteiger partial charge is 0.484 e. The fourth-order valence-electron chi connectivity index (χ4n) is 3.04. The van der Waals surface area contributed by atoms with Crippen LogP contribution in [-0.2, 0) is 9.59 Å². The van der Waals surface area contributed by atoms with Gasteiger partial charge in [-0.25, -0.2) is 8.78 Å². The third kappa shape index (κ3) is 6.11. The topological polar surface area (TPSA) is 67.9 Å². The van der Waals surface area contributed by atoms with Gasteiger partial charge in [0.1, 0.15) is 23.1 Å². The van der Waals surface area contributed by atoms with Crippen LogP contribution in [0, 0.1) is 11.6 Å². The van der Waals surface area contributed by atoms with Gasteiger partial charge in [-0.15, -0.1) is 0 Å². The number of likely N-dealkylation sites (tertiary alicyclic amines) is 1. The second kappa shape index (κ2) is 10.7. The average Bonchev–Trinajstić information content (AvgIpc) is 3.11. The van der Waals surface area contributed by atoms with Crippen molar-refractivity contribution in [3.63, 3.8) is 0 Å². The highest BCUT2D eigenvalue weighted by Gasteiger charge is 2.34. The summed E-state index contributed by atoms with van der Waals surface area (Å²) < 4.78 is 37.7. The van der Waals surface area contributed by atoms with Crippen LogP contribution >= 0.6 is 23.2 Å². The van der Waals surface area contributed by atoms with Crippen molar-refractivity contribution in [2.45, 2.75) is 18.9 Å². The molecule has 0 radical (unpaired) electrons. The minimum absolute atomic E-state index is 0.0297. The highest BCUT2D eigenvalue weighted by Crippen LogP contribution is 2.26. The molecule has 1 fully saturated rings. The molecule has 0 spiro atoms. The number of hydrogen-bond acceptors (Lipinski definition) is 4. The molecule has 3 rings (SSSR count). The first-order valence-electron chi connectivity index (χ1n) is 9.70. The van der Waals surface area contributed by atoms with Gasteiger partial charge < -0.3 is 19.7 Å². The lowest BCUT2D eigenvalue weighted by Gasteiger charge is -2.20. The van der Waals surface area contributed by atoms with Gasteiger partial charge in [0.25, 0.3) is 11.8 Å². The monoisotopic (exact) mass is 484 g/mol. The van der Waals surface area contributed by atoms with E-state index in [0.29, 0.717) is 25.1 Å². The van der Waals surface area contributed by atoms with Crippen LogP contribution in [0.4, 0.5) is 8.78 Å². The molecule has 32 heavy (non-hydrogen) atoms. The highest BCUT2D eigenvalue weighted by molar-refractivity contribution is 6.31. The van der Waals surface area contributed by atoms with Gasteiger partial charge in [0, 0.05) is 43.8 Å². The molecule has 1 heterocycles. The number of ether oxygens (including phenoxy) is 2. The molecule has 170 valence electrons. The van der Waals surface area contributed by atoms with Crippen molar-refractivity contribution >= 4 is 35.0 Å². The van der Waals surface area contributed by atoms with Crippen molar-refractivity contribution in [1.82, 2.24) is 10.2 Å². The molecule has 2 aromatic carbocycles. The van der Waals surface area contributed by atoms with Crippen molar-refractivity contribution in [3.8, 4) is 11.5 Å². The molecule has 6 nitrogen and oxygen atoms in total. The van der Waals surface area contributed by atoms with Gasteiger partial charge in [0.2, 0.25) is 0 Å². The van der Waals surface area contributed by atoms with E-state index in [1.165, 1.54) is 29.2 Å². The second-order valence-corrected chi connectivity index (χ2v) is 7.81. The van der Waals surface area contributed by atoms with E-state index in [-0.39, 0.29) is 40.6 Å². The Morgan fingerprint density at radius 1 is 1.12 bits per heavy atom. The summed E-state index contributed by atoms with van der Waals surface area (Å²) >= 11 is 11.2. The fourth-order valence-corrected chi connectivity index (χ4v) is 3.27. The predicted octanol–water partition coefficient (Wildman–Crippen LogP) is 4.35. The van der Waals surface area contributed by atoms with Crippen molar-refractivity contribution in [3.05, 3.63) is 70.4 Å². The number of amides is 2. The third-order valence-electron chi connectivity index (χ3n) is 4.70. The molecule has 0 bridgehead atoms. The minimum Gasteiger partial charge on any atom is -0.484 e. The van der Waals surface area contributed by atoms with Crippen LogP contribution in [0.1, 0.15) is 12.8 Å². The van der Waals surface area contributed by atoms with Crippen LogP contribution in [0.2, 0.25) is 10.0 Å². The maximum Gasteiger partial charge on any atom is 0.267 e. The van der Waals surface area contributed by atoms with Gasteiger partial charge in [-0.05, 0) is 24.3 Å². The average molecular weight is 485 g/mol. The van der Waals surface area contributed by atoms with E-state index >= 15 is 0 Å². The Morgan fingerprint density at radius 2 is 1.75 bits per heavy atom. The highest BCUT2D eigenvalue weighted by atomic mass is 35.5.